The van der Waals surface area contributed by atoms with E-state index in [1.807, 2.05) is 0 Å². The van der Waals surface area contributed by atoms with Gasteiger partial charge in [-0.3, -0.25) is 4.57 Å². The lowest BCUT2D eigenvalue weighted by molar-refractivity contribution is 0.399. The molecule has 1 aromatic heterocycles. The van der Waals surface area contributed by atoms with Crippen molar-refractivity contribution in [3.63, 3.8) is 0 Å². The van der Waals surface area contributed by atoms with Crippen LogP contribution in [-0.4, -0.2) is 36.4 Å². The van der Waals surface area contributed by atoms with Gasteiger partial charge in [-0.25, -0.2) is 22.6 Å². The van der Waals surface area contributed by atoms with Crippen molar-refractivity contribution in [2.75, 3.05) is 13.7 Å². The fraction of sp³-hybridized carbons (Fsp3) is 0.500. The van der Waals surface area contributed by atoms with Crippen LogP contribution in [0.3, 0.4) is 0 Å². The molecule has 0 bridgehead atoms. The lowest BCUT2D eigenvalue weighted by Crippen LogP contribution is -2.29. The zero-order valence-electron chi connectivity index (χ0n) is 14.7. The number of aryl methyl sites for hydroxylation is 2. The number of benzene rings is 1. The minimum atomic E-state index is -3.82. The molecule has 0 spiro atoms. The summed E-state index contributed by atoms with van der Waals surface area (Å²) >= 11 is 9.22. The molecule has 0 amide bonds. The Labute approximate surface area is 170 Å². The Balaban J connectivity index is 1.66. The first-order valence-corrected chi connectivity index (χ1v) is 11.2. The molecule has 148 valence electrons. The van der Waals surface area contributed by atoms with Gasteiger partial charge in [-0.2, -0.15) is 5.10 Å². The fourth-order valence-corrected chi connectivity index (χ4v) is 5.50. The highest BCUT2D eigenvalue weighted by atomic mass is 79.9. The number of aromatic nitrogens is 3. The third-order valence-corrected chi connectivity index (χ3v) is 6.61. The van der Waals surface area contributed by atoms with Gasteiger partial charge < -0.3 is 4.74 Å². The minimum Gasteiger partial charge on any atom is -0.494 e. The number of nitrogens with one attached hydrogen (secondary N) is 1. The number of methoxy groups -OCH3 is 1. The van der Waals surface area contributed by atoms with E-state index in [1.54, 1.807) is 10.6 Å². The monoisotopic (exact) mass is 478 g/mol. The highest BCUT2D eigenvalue weighted by molar-refractivity contribution is 9.10. The molecule has 0 saturated carbocycles. The Kier molecular flexibility index (Phi) is 6.29. The summed E-state index contributed by atoms with van der Waals surface area (Å²) in [6, 6.07) is 2.90. The largest absolute Gasteiger partial charge is 0.494 e. The normalized spacial score (nSPS) is 14.2. The summed E-state index contributed by atoms with van der Waals surface area (Å²) in [6.45, 7) is 1.20. The van der Waals surface area contributed by atoms with E-state index in [0.29, 0.717) is 24.0 Å². The lowest BCUT2D eigenvalue weighted by Gasteiger charge is -2.12. The lowest BCUT2D eigenvalue weighted by atomic mass is 10.2. The number of sulfonamides is 1. The van der Waals surface area contributed by atoms with Gasteiger partial charge in [0.15, 0.2) is 5.75 Å². The van der Waals surface area contributed by atoms with E-state index in [1.165, 1.54) is 17.9 Å². The first kappa shape index (κ1) is 20.4. The smallest absolute Gasteiger partial charge is 0.345 e. The summed E-state index contributed by atoms with van der Waals surface area (Å²) in [5, 5.41) is 4.62. The predicted octanol–water partition coefficient (Wildman–Crippen LogP) is 2.17. The van der Waals surface area contributed by atoms with Crippen molar-refractivity contribution in [1.82, 2.24) is 19.1 Å². The molecule has 0 unspecified atom stereocenters. The van der Waals surface area contributed by atoms with E-state index in [0.717, 1.165) is 25.1 Å². The van der Waals surface area contributed by atoms with Crippen molar-refractivity contribution < 1.29 is 13.2 Å². The summed E-state index contributed by atoms with van der Waals surface area (Å²) in [5.41, 5.74) is -0.131. The highest BCUT2D eigenvalue weighted by Gasteiger charge is 2.22. The van der Waals surface area contributed by atoms with Crippen LogP contribution in [0.15, 0.2) is 26.3 Å². The number of fused-ring (bicyclic) bond motifs is 1. The van der Waals surface area contributed by atoms with E-state index in [2.05, 4.69) is 25.8 Å². The number of hydrogen-bond donors (Lipinski definition) is 1. The summed E-state index contributed by atoms with van der Waals surface area (Å²) in [6.07, 6.45) is 3.25. The van der Waals surface area contributed by atoms with Crippen molar-refractivity contribution in [1.29, 1.82) is 0 Å². The van der Waals surface area contributed by atoms with Crippen LogP contribution in [-0.2, 0) is 29.5 Å². The Bertz CT molecular complexity index is 1000. The third-order valence-electron chi connectivity index (χ3n) is 4.34. The van der Waals surface area contributed by atoms with E-state index in [4.69, 9.17) is 16.3 Å². The van der Waals surface area contributed by atoms with Gasteiger partial charge >= 0.3 is 5.69 Å². The van der Waals surface area contributed by atoms with Gasteiger partial charge in [-0.15, -0.1) is 0 Å². The maximum absolute atomic E-state index is 12.6. The third kappa shape index (κ3) is 4.39. The highest BCUT2D eigenvalue weighted by Crippen LogP contribution is 2.35. The molecule has 3 rings (SSSR count). The first-order valence-electron chi connectivity index (χ1n) is 8.52. The molecule has 0 radical (unpaired) electrons. The Morgan fingerprint density at radius 1 is 1.37 bits per heavy atom. The molecule has 0 aliphatic carbocycles. The van der Waals surface area contributed by atoms with Gasteiger partial charge in [0.1, 0.15) is 10.7 Å². The molecule has 2 heterocycles. The average molecular weight is 480 g/mol. The van der Waals surface area contributed by atoms with E-state index >= 15 is 0 Å². The van der Waals surface area contributed by atoms with Crippen LogP contribution in [0.5, 0.6) is 5.75 Å². The van der Waals surface area contributed by atoms with Crippen LogP contribution in [0.1, 0.15) is 25.1 Å². The van der Waals surface area contributed by atoms with Gasteiger partial charge in [0.05, 0.1) is 11.6 Å². The van der Waals surface area contributed by atoms with Crippen LogP contribution in [0, 0.1) is 0 Å². The molecular formula is C16H20BrClN4O4S. The SMILES string of the molecule is COc1c(Br)cc(Cl)cc1S(=O)(=O)NCCCn1nc2n(c1=O)CCCC2. The molecule has 0 fully saturated rings. The predicted molar refractivity (Wildman–Crippen MR) is 105 cm³/mol. The van der Waals surface area contributed by atoms with Crippen LogP contribution < -0.4 is 15.1 Å². The van der Waals surface area contributed by atoms with Crippen molar-refractivity contribution in [2.45, 2.75) is 43.7 Å². The molecule has 1 aliphatic rings. The zero-order chi connectivity index (χ0) is 19.6. The Morgan fingerprint density at radius 2 is 2.15 bits per heavy atom. The Morgan fingerprint density at radius 3 is 2.85 bits per heavy atom. The standard InChI is InChI=1S/C16H20BrClN4O4S/c1-26-15-12(17)9-11(18)10-13(15)27(24,25)19-6-4-8-22-16(23)21-7-3-2-5-14(21)20-22/h9-10,19H,2-8H2,1H3. The molecule has 0 saturated heterocycles. The van der Waals surface area contributed by atoms with Gasteiger partial charge in [-0.1, -0.05) is 11.6 Å². The van der Waals surface area contributed by atoms with Gasteiger partial charge in [0.25, 0.3) is 0 Å². The molecule has 0 atom stereocenters. The fourth-order valence-electron chi connectivity index (χ4n) is 3.04. The summed E-state index contributed by atoms with van der Waals surface area (Å²) in [4.78, 5) is 12.2. The molecular weight excluding hydrogens is 460 g/mol. The molecule has 11 heteroatoms. The molecule has 1 aliphatic heterocycles. The van der Waals surface area contributed by atoms with E-state index in [-0.39, 0.29) is 27.9 Å². The number of nitrogens with zero attached hydrogens (tertiary/aromatic N) is 3. The number of ether oxygens (including phenoxy) is 1. The molecule has 27 heavy (non-hydrogen) atoms. The van der Waals surface area contributed by atoms with E-state index < -0.39 is 10.0 Å². The van der Waals surface area contributed by atoms with Crippen molar-refractivity contribution in [3.8, 4) is 5.75 Å². The maximum Gasteiger partial charge on any atom is 0.345 e. The van der Waals surface area contributed by atoms with Crippen LogP contribution >= 0.6 is 27.5 Å². The zero-order valence-corrected chi connectivity index (χ0v) is 17.9. The van der Waals surface area contributed by atoms with Crippen LogP contribution in [0.4, 0.5) is 0 Å². The second-order valence-corrected chi connectivity index (χ2v) is 9.23. The van der Waals surface area contributed by atoms with E-state index in [9.17, 15) is 13.2 Å². The van der Waals surface area contributed by atoms with Gasteiger partial charge in [0, 0.05) is 31.1 Å². The summed E-state index contributed by atoms with van der Waals surface area (Å²) < 4.78 is 36.4. The molecule has 2 aromatic rings. The molecule has 1 aromatic carbocycles. The minimum absolute atomic E-state index is 0.0426. The number of halogens is 2. The van der Waals surface area contributed by atoms with Gasteiger partial charge in [-0.05, 0) is 47.3 Å². The first-order chi connectivity index (χ1) is 12.8. The van der Waals surface area contributed by atoms with Crippen LogP contribution in [0.25, 0.3) is 0 Å². The average Bonchev–Trinajstić information content (AvgIpc) is 2.94. The van der Waals surface area contributed by atoms with Crippen molar-refractivity contribution in [3.05, 3.63) is 37.9 Å². The van der Waals surface area contributed by atoms with Gasteiger partial charge in [0.2, 0.25) is 10.0 Å². The Hall–Kier alpha value is -1.36. The maximum atomic E-state index is 12.6. The number of rotatable bonds is 7. The summed E-state index contributed by atoms with van der Waals surface area (Å²) in [7, 11) is -2.43. The van der Waals surface area contributed by atoms with Crippen LogP contribution in [0.2, 0.25) is 5.02 Å². The van der Waals surface area contributed by atoms with Crippen molar-refractivity contribution >= 4 is 37.6 Å². The molecule has 1 N–H and O–H groups in total. The molecule has 8 nitrogen and oxygen atoms in total. The summed E-state index contributed by atoms with van der Waals surface area (Å²) in [5.74, 6) is 0.991. The second kappa shape index (κ2) is 8.34. The topological polar surface area (TPSA) is 95.2 Å². The van der Waals surface area contributed by atoms with Crippen molar-refractivity contribution in [2.24, 2.45) is 0 Å². The second-order valence-electron chi connectivity index (χ2n) is 6.20. The quantitative estimate of drug-likeness (QED) is 0.614. The number of hydrogen-bond acceptors (Lipinski definition) is 5.